The van der Waals surface area contributed by atoms with Crippen molar-refractivity contribution in [1.82, 2.24) is 0 Å². The molecule has 0 aliphatic rings. The zero-order valence-corrected chi connectivity index (χ0v) is 7.94. The summed E-state index contributed by atoms with van der Waals surface area (Å²) < 4.78 is 0. The van der Waals surface area contributed by atoms with Crippen molar-refractivity contribution in [2.75, 3.05) is 0 Å². The minimum atomic E-state index is -0.795. The number of rotatable bonds is 4. The summed E-state index contributed by atoms with van der Waals surface area (Å²) >= 11 is 7.51. The Balaban J connectivity index is 2.39. The summed E-state index contributed by atoms with van der Waals surface area (Å²) in [4.78, 5) is 10.2. The molecule has 4 heteroatoms. The van der Waals surface area contributed by atoms with Crippen LogP contribution in [0.1, 0.15) is 23.8 Å². The fourth-order valence-electron chi connectivity index (χ4n) is 0.870. The van der Waals surface area contributed by atoms with E-state index in [4.69, 9.17) is 16.7 Å². The van der Waals surface area contributed by atoms with Crippen LogP contribution in [0.15, 0.2) is 16.8 Å². The van der Waals surface area contributed by atoms with Crippen molar-refractivity contribution in [1.29, 1.82) is 0 Å². The van der Waals surface area contributed by atoms with Crippen molar-refractivity contribution >= 4 is 28.9 Å². The Kier molecular flexibility index (Phi) is 3.56. The molecule has 0 bridgehead atoms. The van der Waals surface area contributed by atoms with Gasteiger partial charge in [-0.15, -0.1) is 11.6 Å². The average molecular weight is 205 g/mol. The van der Waals surface area contributed by atoms with Gasteiger partial charge in [0.15, 0.2) is 0 Å². The Hall–Kier alpha value is -0.540. The SMILES string of the molecule is O=C(O)CCC(Cl)c1ccsc1. The number of carbonyl (C=O) groups is 1. The van der Waals surface area contributed by atoms with Gasteiger partial charge in [0, 0.05) is 6.42 Å². The smallest absolute Gasteiger partial charge is 0.303 e. The highest BCUT2D eigenvalue weighted by Crippen LogP contribution is 2.26. The lowest BCUT2D eigenvalue weighted by Crippen LogP contribution is -1.97. The Morgan fingerprint density at radius 3 is 3.00 bits per heavy atom. The minimum absolute atomic E-state index is 0.129. The van der Waals surface area contributed by atoms with E-state index in [1.807, 2.05) is 16.8 Å². The third kappa shape index (κ3) is 2.83. The lowest BCUT2D eigenvalue weighted by Gasteiger charge is -2.03. The van der Waals surface area contributed by atoms with Crippen molar-refractivity contribution in [3.63, 3.8) is 0 Å². The molecular weight excluding hydrogens is 196 g/mol. The molecule has 0 aromatic carbocycles. The molecule has 1 N–H and O–H groups in total. The maximum Gasteiger partial charge on any atom is 0.303 e. The van der Waals surface area contributed by atoms with Gasteiger partial charge in [-0.3, -0.25) is 4.79 Å². The monoisotopic (exact) mass is 204 g/mol. The number of aliphatic carboxylic acids is 1. The molecule has 1 aromatic rings. The molecule has 0 spiro atoms. The lowest BCUT2D eigenvalue weighted by atomic mass is 10.1. The molecule has 0 radical (unpaired) electrons. The molecule has 12 heavy (non-hydrogen) atoms. The van der Waals surface area contributed by atoms with Crippen LogP contribution in [0.3, 0.4) is 0 Å². The molecule has 1 rings (SSSR count). The molecule has 1 aromatic heterocycles. The van der Waals surface area contributed by atoms with Gasteiger partial charge in [0.1, 0.15) is 0 Å². The largest absolute Gasteiger partial charge is 0.481 e. The quantitative estimate of drug-likeness (QED) is 0.766. The standard InChI is InChI=1S/C8H9ClO2S/c9-7(1-2-8(10)11)6-3-4-12-5-6/h3-5,7H,1-2H2,(H,10,11). The molecular formula is C8H9ClO2S. The van der Waals surface area contributed by atoms with E-state index in [0.29, 0.717) is 6.42 Å². The first-order chi connectivity index (χ1) is 5.70. The molecule has 0 aliphatic carbocycles. The Morgan fingerprint density at radius 1 is 1.75 bits per heavy atom. The molecule has 1 heterocycles. The third-order valence-electron chi connectivity index (χ3n) is 1.52. The van der Waals surface area contributed by atoms with Crippen LogP contribution < -0.4 is 0 Å². The van der Waals surface area contributed by atoms with Crippen molar-refractivity contribution in [2.24, 2.45) is 0 Å². The van der Waals surface area contributed by atoms with E-state index in [0.717, 1.165) is 5.56 Å². The van der Waals surface area contributed by atoms with Gasteiger partial charge in [0.05, 0.1) is 5.38 Å². The summed E-state index contributed by atoms with van der Waals surface area (Å²) in [5.74, 6) is -0.795. The highest BCUT2D eigenvalue weighted by molar-refractivity contribution is 7.08. The second kappa shape index (κ2) is 4.48. The first kappa shape index (κ1) is 9.55. The second-order valence-electron chi connectivity index (χ2n) is 2.46. The van der Waals surface area contributed by atoms with E-state index in [9.17, 15) is 4.79 Å². The van der Waals surface area contributed by atoms with Gasteiger partial charge in [0.25, 0.3) is 0 Å². The van der Waals surface area contributed by atoms with Crippen molar-refractivity contribution < 1.29 is 9.90 Å². The van der Waals surface area contributed by atoms with Gasteiger partial charge in [-0.2, -0.15) is 11.3 Å². The van der Waals surface area contributed by atoms with Crippen molar-refractivity contribution in [2.45, 2.75) is 18.2 Å². The number of carboxylic acids is 1. The van der Waals surface area contributed by atoms with E-state index >= 15 is 0 Å². The summed E-state index contributed by atoms with van der Waals surface area (Å²) in [5.41, 5.74) is 1.02. The van der Waals surface area contributed by atoms with Crippen LogP contribution in [0.2, 0.25) is 0 Å². The first-order valence-electron chi connectivity index (χ1n) is 3.58. The van der Waals surface area contributed by atoms with E-state index in [-0.39, 0.29) is 11.8 Å². The molecule has 2 nitrogen and oxygen atoms in total. The Bertz CT molecular complexity index is 246. The lowest BCUT2D eigenvalue weighted by molar-refractivity contribution is -0.137. The topological polar surface area (TPSA) is 37.3 Å². The van der Waals surface area contributed by atoms with Crippen LogP contribution >= 0.6 is 22.9 Å². The van der Waals surface area contributed by atoms with Crippen LogP contribution in [0.4, 0.5) is 0 Å². The molecule has 1 atom stereocenters. The Morgan fingerprint density at radius 2 is 2.50 bits per heavy atom. The number of halogens is 1. The van der Waals surface area contributed by atoms with E-state index in [1.54, 1.807) is 11.3 Å². The number of thiophene rings is 1. The van der Waals surface area contributed by atoms with Gasteiger partial charge in [-0.25, -0.2) is 0 Å². The molecule has 0 fully saturated rings. The minimum Gasteiger partial charge on any atom is -0.481 e. The summed E-state index contributed by atoms with van der Waals surface area (Å²) in [6, 6.07) is 1.92. The summed E-state index contributed by atoms with van der Waals surface area (Å²) in [7, 11) is 0. The van der Waals surface area contributed by atoms with Crippen LogP contribution in [-0.2, 0) is 4.79 Å². The van der Waals surface area contributed by atoms with E-state index in [2.05, 4.69) is 0 Å². The van der Waals surface area contributed by atoms with Crippen LogP contribution in [0, 0.1) is 0 Å². The molecule has 0 saturated carbocycles. The Labute approximate surface area is 79.8 Å². The van der Waals surface area contributed by atoms with Crippen molar-refractivity contribution in [3.8, 4) is 0 Å². The highest BCUT2D eigenvalue weighted by atomic mass is 35.5. The molecule has 0 aliphatic heterocycles. The fraction of sp³-hybridized carbons (Fsp3) is 0.375. The van der Waals surface area contributed by atoms with E-state index < -0.39 is 5.97 Å². The maximum absolute atomic E-state index is 10.2. The van der Waals surface area contributed by atoms with Gasteiger partial charge in [-0.05, 0) is 28.8 Å². The zero-order valence-electron chi connectivity index (χ0n) is 6.37. The van der Waals surface area contributed by atoms with Crippen LogP contribution in [0.25, 0.3) is 0 Å². The predicted octanol–water partition coefficient (Wildman–Crippen LogP) is 2.89. The molecule has 0 amide bonds. The number of hydrogen-bond donors (Lipinski definition) is 1. The zero-order chi connectivity index (χ0) is 8.97. The number of carboxylic acid groups (broad SMARTS) is 1. The van der Waals surface area contributed by atoms with Crippen LogP contribution in [-0.4, -0.2) is 11.1 Å². The van der Waals surface area contributed by atoms with Gasteiger partial charge in [0.2, 0.25) is 0 Å². The third-order valence-corrected chi connectivity index (χ3v) is 2.69. The maximum atomic E-state index is 10.2. The predicted molar refractivity (Wildman–Crippen MR) is 49.8 cm³/mol. The second-order valence-corrected chi connectivity index (χ2v) is 3.76. The van der Waals surface area contributed by atoms with Gasteiger partial charge in [-0.1, -0.05) is 0 Å². The normalized spacial score (nSPS) is 12.8. The van der Waals surface area contributed by atoms with Gasteiger partial charge >= 0.3 is 5.97 Å². The number of hydrogen-bond acceptors (Lipinski definition) is 2. The molecule has 0 saturated heterocycles. The van der Waals surface area contributed by atoms with E-state index in [1.165, 1.54) is 0 Å². The molecule has 66 valence electrons. The summed E-state index contributed by atoms with van der Waals surface area (Å²) in [5, 5.41) is 12.1. The fourth-order valence-corrected chi connectivity index (χ4v) is 1.90. The number of alkyl halides is 1. The molecule has 1 unspecified atom stereocenters. The highest BCUT2D eigenvalue weighted by Gasteiger charge is 2.09. The summed E-state index contributed by atoms with van der Waals surface area (Å²) in [6.45, 7) is 0. The average Bonchev–Trinajstić information content (AvgIpc) is 2.51. The van der Waals surface area contributed by atoms with Gasteiger partial charge < -0.3 is 5.11 Å². The first-order valence-corrected chi connectivity index (χ1v) is 4.96. The van der Waals surface area contributed by atoms with Crippen LogP contribution in [0.5, 0.6) is 0 Å². The summed E-state index contributed by atoms with van der Waals surface area (Å²) in [6.07, 6.45) is 0.623. The van der Waals surface area contributed by atoms with Crippen molar-refractivity contribution in [3.05, 3.63) is 22.4 Å².